The lowest BCUT2D eigenvalue weighted by atomic mass is 9.90. The fourth-order valence-corrected chi connectivity index (χ4v) is 2.97. The molecule has 0 saturated carbocycles. The van der Waals surface area contributed by atoms with Crippen LogP contribution in [0.4, 0.5) is 0 Å². The zero-order chi connectivity index (χ0) is 15.4. The third-order valence-corrected chi connectivity index (χ3v) is 4.50. The lowest BCUT2D eigenvalue weighted by molar-refractivity contribution is 0.455. The summed E-state index contributed by atoms with van der Waals surface area (Å²) in [7, 11) is 1.99. The zero-order valence-electron chi connectivity index (χ0n) is 13.1. The lowest BCUT2D eigenvalue weighted by Crippen LogP contribution is -2.26. The van der Waals surface area contributed by atoms with Gasteiger partial charge in [0.2, 0.25) is 0 Å². The van der Waals surface area contributed by atoms with Gasteiger partial charge in [-0.05, 0) is 58.6 Å². The predicted molar refractivity (Wildman–Crippen MR) is 85.5 cm³/mol. The van der Waals surface area contributed by atoms with E-state index in [-0.39, 0.29) is 5.56 Å². The number of aromatic amines is 2. The van der Waals surface area contributed by atoms with Gasteiger partial charge in [-0.15, -0.1) is 0 Å². The Morgan fingerprint density at radius 2 is 2.14 bits per heavy atom. The van der Waals surface area contributed by atoms with Crippen molar-refractivity contribution in [1.29, 1.82) is 0 Å². The van der Waals surface area contributed by atoms with Crippen molar-refractivity contribution in [3.05, 3.63) is 37.7 Å². The summed E-state index contributed by atoms with van der Waals surface area (Å²) in [6, 6.07) is 0.538. The molecule has 3 N–H and O–H groups in total. The molecular formula is C16H25N3O2. The van der Waals surface area contributed by atoms with Gasteiger partial charge in [0.25, 0.3) is 5.56 Å². The number of aromatic nitrogens is 2. The van der Waals surface area contributed by atoms with Crippen LogP contribution in [0.2, 0.25) is 0 Å². The van der Waals surface area contributed by atoms with Crippen LogP contribution in [0.1, 0.15) is 50.8 Å². The predicted octanol–water partition coefficient (Wildman–Crippen LogP) is 1.81. The van der Waals surface area contributed by atoms with Crippen molar-refractivity contribution in [2.45, 2.75) is 52.0 Å². The molecule has 116 valence electrons. The molecule has 5 heteroatoms. The number of nitrogens with one attached hydrogen (secondary N) is 3. The van der Waals surface area contributed by atoms with E-state index in [2.05, 4.69) is 29.1 Å². The van der Waals surface area contributed by atoms with Gasteiger partial charge in [-0.2, -0.15) is 0 Å². The monoisotopic (exact) mass is 291 g/mol. The van der Waals surface area contributed by atoms with Crippen molar-refractivity contribution in [3.8, 4) is 0 Å². The third-order valence-electron chi connectivity index (χ3n) is 4.50. The Hall–Kier alpha value is -1.62. The van der Waals surface area contributed by atoms with Gasteiger partial charge < -0.3 is 10.3 Å². The second-order valence-corrected chi connectivity index (χ2v) is 6.05. The summed E-state index contributed by atoms with van der Waals surface area (Å²) in [5, 5.41) is 3.25. The Balaban J connectivity index is 2.10. The number of allylic oxidation sites excluding steroid dienone is 1. The van der Waals surface area contributed by atoms with Crippen LogP contribution in [0.5, 0.6) is 0 Å². The summed E-state index contributed by atoms with van der Waals surface area (Å²) in [5.41, 5.74) is 1.94. The standard InChI is InChI=1S/C16H25N3O2/c1-10-9-13-14(18-16(21)19-15(13)20)8-7-12(10)6-4-5-11(2)17-3/h9,11-12,17H,4-8H2,1-3H3,(H2,18,19,20,21). The average Bonchev–Trinajstić information content (AvgIpc) is 2.59. The summed E-state index contributed by atoms with van der Waals surface area (Å²) < 4.78 is 0. The molecule has 0 spiro atoms. The van der Waals surface area contributed by atoms with Gasteiger partial charge in [-0.3, -0.25) is 9.78 Å². The van der Waals surface area contributed by atoms with Gasteiger partial charge >= 0.3 is 5.69 Å². The first-order valence-corrected chi connectivity index (χ1v) is 7.72. The molecule has 1 aliphatic carbocycles. The van der Waals surface area contributed by atoms with E-state index in [4.69, 9.17) is 0 Å². The van der Waals surface area contributed by atoms with Crippen LogP contribution in [0.25, 0.3) is 6.08 Å². The van der Waals surface area contributed by atoms with Gasteiger partial charge in [0.1, 0.15) is 0 Å². The van der Waals surface area contributed by atoms with E-state index in [0.29, 0.717) is 17.5 Å². The van der Waals surface area contributed by atoms with Crippen molar-refractivity contribution >= 4 is 6.08 Å². The molecule has 1 aliphatic rings. The fourth-order valence-electron chi connectivity index (χ4n) is 2.97. The minimum atomic E-state index is -0.411. The van der Waals surface area contributed by atoms with E-state index in [1.165, 1.54) is 12.0 Å². The van der Waals surface area contributed by atoms with E-state index < -0.39 is 5.69 Å². The highest BCUT2D eigenvalue weighted by Gasteiger charge is 2.19. The maximum absolute atomic E-state index is 11.9. The number of aryl methyl sites for hydroxylation is 1. The third kappa shape index (κ3) is 3.94. The Morgan fingerprint density at radius 1 is 1.38 bits per heavy atom. The molecule has 2 atom stereocenters. The minimum Gasteiger partial charge on any atom is -0.317 e. The summed E-state index contributed by atoms with van der Waals surface area (Å²) >= 11 is 0. The molecule has 1 aromatic rings. The van der Waals surface area contributed by atoms with E-state index >= 15 is 0 Å². The minimum absolute atomic E-state index is 0.280. The number of fused-ring (bicyclic) bond motifs is 1. The van der Waals surface area contributed by atoms with Gasteiger partial charge in [0.15, 0.2) is 0 Å². The highest BCUT2D eigenvalue weighted by Crippen LogP contribution is 2.28. The Labute approximate surface area is 124 Å². The molecule has 2 rings (SSSR count). The Morgan fingerprint density at radius 3 is 2.86 bits per heavy atom. The number of hydrogen-bond donors (Lipinski definition) is 3. The van der Waals surface area contributed by atoms with Crippen LogP contribution in [-0.2, 0) is 6.42 Å². The zero-order valence-corrected chi connectivity index (χ0v) is 13.1. The number of hydrogen-bond acceptors (Lipinski definition) is 3. The van der Waals surface area contributed by atoms with Crippen molar-refractivity contribution in [1.82, 2.24) is 15.3 Å². The van der Waals surface area contributed by atoms with Crippen LogP contribution in [0.15, 0.2) is 15.2 Å². The number of rotatable bonds is 5. The van der Waals surface area contributed by atoms with E-state index in [9.17, 15) is 9.59 Å². The van der Waals surface area contributed by atoms with Crippen molar-refractivity contribution < 1.29 is 0 Å². The smallest absolute Gasteiger partial charge is 0.317 e. The molecule has 5 nitrogen and oxygen atoms in total. The molecule has 21 heavy (non-hydrogen) atoms. The first-order valence-electron chi connectivity index (χ1n) is 7.72. The number of H-pyrrole nitrogens is 2. The first kappa shape index (κ1) is 15.8. The van der Waals surface area contributed by atoms with Crippen LogP contribution in [0, 0.1) is 5.92 Å². The maximum Gasteiger partial charge on any atom is 0.325 e. The normalized spacial score (nSPS) is 19.6. The molecule has 0 aliphatic heterocycles. The van der Waals surface area contributed by atoms with Crippen LogP contribution < -0.4 is 16.6 Å². The van der Waals surface area contributed by atoms with E-state index in [1.807, 2.05) is 13.1 Å². The van der Waals surface area contributed by atoms with Crippen LogP contribution in [-0.4, -0.2) is 23.1 Å². The average molecular weight is 291 g/mol. The largest absolute Gasteiger partial charge is 0.325 e. The van der Waals surface area contributed by atoms with Crippen molar-refractivity contribution in [3.63, 3.8) is 0 Å². The summed E-state index contributed by atoms with van der Waals surface area (Å²) in [6.07, 6.45) is 7.15. The molecule has 1 heterocycles. The second kappa shape index (κ2) is 6.89. The second-order valence-electron chi connectivity index (χ2n) is 6.05. The SMILES string of the molecule is CNC(C)CCCC1CCc2[nH]c(=O)[nH]c(=O)c2C=C1C. The van der Waals surface area contributed by atoms with Gasteiger partial charge in [-0.1, -0.05) is 12.0 Å². The molecule has 0 bridgehead atoms. The van der Waals surface area contributed by atoms with E-state index in [0.717, 1.165) is 31.4 Å². The maximum atomic E-state index is 11.9. The summed E-state index contributed by atoms with van der Waals surface area (Å²) in [4.78, 5) is 28.4. The van der Waals surface area contributed by atoms with Crippen LogP contribution in [0.3, 0.4) is 0 Å². The molecule has 1 aromatic heterocycles. The Bertz CT molecular complexity index is 627. The lowest BCUT2D eigenvalue weighted by Gasteiger charge is -2.17. The molecule has 0 amide bonds. The topological polar surface area (TPSA) is 77.8 Å². The summed E-state index contributed by atoms with van der Waals surface area (Å²) in [5.74, 6) is 0.490. The molecule has 0 radical (unpaired) electrons. The first-order chi connectivity index (χ1) is 10.0. The molecule has 2 unspecified atom stereocenters. The summed E-state index contributed by atoms with van der Waals surface area (Å²) in [6.45, 7) is 4.28. The van der Waals surface area contributed by atoms with Crippen LogP contribution >= 0.6 is 0 Å². The molecule has 0 aromatic carbocycles. The van der Waals surface area contributed by atoms with E-state index in [1.54, 1.807) is 0 Å². The highest BCUT2D eigenvalue weighted by molar-refractivity contribution is 5.55. The fraction of sp³-hybridized carbons (Fsp3) is 0.625. The van der Waals surface area contributed by atoms with Crippen molar-refractivity contribution in [2.24, 2.45) is 5.92 Å². The Kier molecular flexibility index (Phi) is 5.17. The molecular weight excluding hydrogens is 266 g/mol. The van der Waals surface area contributed by atoms with Gasteiger partial charge in [0, 0.05) is 11.7 Å². The molecule has 0 fully saturated rings. The van der Waals surface area contributed by atoms with Gasteiger partial charge in [0.05, 0.1) is 5.56 Å². The van der Waals surface area contributed by atoms with Gasteiger partial charge in [-0.25, -0.2) is 4.79 Å². The molecule has 0 saturated heterocycles. The quantitative estimate of drug-likeness (QED) is 0.774. The highest BCUT2D eigenvalue weighted by atomic mass is 16.2. The van der Waals surface area contributed by atoms with Crippen molar-refractivity contribution in [2.75, 3.05) is 7.05 Å².